The molecule has 1 aromatic carbocycles. The summed E-state index contributed by atoms with van der Waals surface area (Å²) in [6.07, 6.45) is 9.87. The molecule has 144 valence electrons. The van der Waals surface area contributed by atoms with Crippen molar-refractivity contribution >= 4 is 11.9 Å². The number of hydrogen-bond acceptors (Lipinski definition) is 5. The van der Waals surface area contributed by atoms with Crippen LogP contribution in [-0.2, 0) is 19.3 Å². The fourth-order valence-corrected chi connectivity index (χ4v) is 2.47. The Morgan fingerprint density at radius 3 is 2.23 bits per heavy atom. The molecule has 0 aliphatic heterocycles. The van der Waals surface area contributed by atoms with Gasteiger partial charge in [0.2, 0.25) is 6.29 Å². The average Bonchev–Trinajstić information content (AvgIpc) is 2.68. The summed E-state index contributed by atoms with van der Waals surface area (Å²) in [4.78, 5) is 33.2. The van der Waals surface area contributed by atoms with Gasteiger partial charge in [0.1, 0.15) is 0 Å². The molecular formula is C21H30O5. The summed E-state index contributed by atoms with van der Waals surface area (Å²) >= 11 is 0. The zero-order valence-corrected chi connectivity index (χ0v) is 15.7. The van der Waals surface area contributed by atoms with Crippen molar-refractivity contribution in [3.05, 3.63) is 48.6 Å². The third-order valence-corrected chi connectivity index (χ3v) is 3.95. The number of ether oxygens (including phenoxy) is 1. The topological polar surface area (TPSA) is 61.8 Å². The van der Waals surface area contributed by atoms with E-state index in [2.05, 4.69) is 13.5 Å². The molecule has 5 nitrogen and oxygen atoms in total. The molecule has 0 N–H and O–H groups in total. The molecule has 1 rings (SSSR count). The van der Waals surface area contributed by atoms with Crippen molar-refractivity contribution < 1.29 is 24.1 Å². The smallest absolute Gasteiger partial charge is 0.373 e. The van der Waals surface area contributed by atoms with Gasteiger partial charge in [-0.25, -0.2) is 9.59 Å². The van der Waals surface area contributed by atoms with Crippen LogP contribution in [0.1, 0.15) is 75.1 Å². The van der Waals surface area contributed by atoms with Crippen LogP contribution in [0.5, 0.6) is 0 Å². The largest absolute Gasteiger partial charge is 0.429 e. The molecule has 1 atom stereocenters. The second-order valence-electron chi connectivity index (χ2n) is 6.17. The SMILES string of the molecule is C=CC(=O)OC(CCCCCCCCCC)OOC(=O)c1ccccc1. The average molecular weight is 362 g/mol. The lowest BCUT2D eigenvalue weighted by molar-refractivity contribution is -0.331. The van der Waals surface area contributed by atoms with Crippen molar-refractivity contribution in [3.63, 3.8) is 0 Å². The summed E-state index contributed by atoms with van der Waals surface area (Å²) in [5.41, 5.74) is 0.369. The highest BCUT2D eigenvalue weighted by Gasteiger charge is 2.17. The van der Waals surface area contributed by atoms with E-state index < -0.39 is 18.2 Å². The van der Waals surface area contributed by atoms with Gasteiger partial charge in [0.15, 0.2) is 0 Å². The molecule has 0 heterocycles. The van der Waals surface area contributed by atoms with Crippen LogP contribution in [0.25, 0.3) is 0 Å². The molecule has 0 amide bonds. The highest BCUT2D eigenvalue weighted by molar-refractivity contribution is 5.88. The molecule has 5 heteroatoms. The molecule has 0 fully saturated rings. The number of rotatable bonds is 14. The second-order valence-corrected chi connectivity index (χ2v) is 6.17. The van der Waals surface area contributed by atoms with E-state index in [1.807, 2.05) is 0 Å². The van der Waals surface area contributed by atoms with Gasteiger partial charge in [0.05, 0.1) is 5.56 Å². The Labute approximate surface area is 156 Å². The van der Waals surface area contributed by atoms with E-state index in [1.54, 1.807) is 30.3 Å². The molecular weight excluding hydrogens is 332 g/mol. The number of unbranched alkanes of at least 4 members (excludes halogenated alkanes) is 7. The summed E-state index contributed by atoms with van der Waals surface area (Å²) in [6, 6.07) is 8.50. The van der Waals surface area contributed by atoms with E-state index >= 15 is 0 Å². The molecule has 0 aliphatic rings. The van der Waals surface area contributed by atoms with E-state index in [-0.39, 0.29) is 0 Å². The Kier molecular flexibility index (Phi) is 11.9. The first-order valence-corrected chi connectivity index (χ1v) is 9.43. The number of carbonyl (C=O) groups excluding carboxylic acids is 2. The Morgan fingerprint density at radius 2 is 1.62 bits per heavy atom. The first kappa shape index (κ1) is 21.9. The molecule has 0 radical (unpaired) electrons. The Morgan fingerprint density at radius 1 is 1.00 bits per heavy atom. The number of hydrogen-bond donors (Lipinski definition) is 0. The maximum Gasteiger partial charge on any atom is 0.373 e. The van der Waals surface area contributed by atoms with Crippen molar-refractivity contribution in [2.24, 2.45) is 0 Å². The van der Waals surface area contributed by atoms with E-state index in [1.165, 1.54) is 32.1 Å². The van der Waals surface area contributed by atoms with Gasteiger partial charge < -0.3 is 4.74 Å². The summed E-state index contributed by atoms with van der Waals surface area (Å²) in [7, 11) is 0. The van der Waals surface area contributed by atoms with Gasteiger partial charge in [-0.15, -0.1) is 4.89 Å². The lowest BCUT2D eigenvalue weighted by atomic mass is 10.1. The minimum Gasteiger partial charge on any atom is -0.429 e. The second kappa shape index (κ2) is 14.1. The van der Waals surface area contributed by atoms with Crippen LogP contribution in [0, 0.1) is 0 Å². The molecule has 0 spiro atoms. The van der Waals surface area contributed by atoms with Gasteiger partial charge in [-0.3, -0.25) is 4.89 Å². The highest BCUT2D eigenvalue weighted by Crippen LogP contribution is 2.14. The minimum absolute atomic E-state index is 0.369. The van der Waals surface area contributed by atoms with Gasteiger partial charge >= 0.3 is 11.9 Å². The van der Waals surface area contributed by atoms with Crippen LogP contribution in [0.15, 0.2) is 43.0 Å². The minimum atomic E-state index is -0.923. The van der Waals surface area contributed by atoms with Crippen LogP contribution in [0.3, 0.4) is 0 Å². The number of esters is 1. The van der Waals surface area contributed by atoms with Gasteiger partial charge in [-0.05, 0) is 18.6 Å². The standard InChI is InChI=1S/C21H30O5/c1-3-5-6-7-8-9-10-14-17-20(24-19(22)4-2)25-26-21(23)18-15-12-11-13-16-18/h4,11-13,15-16,20H,2-3,5-10,14,17H2,1H3. The maximum atomic E-state index is 11.9. The van der Waals surface area contributed by atoms with Crippen molar-refractivity contribution in [1.82, 2.24) is 0 Å². The van der Waals surface area contributed by atoms with Crippen molar-refractivity contribution in [2.75, 3.05) is 0 Å². The first-order valence-electron chi connectivity index (χ1n) is 9.43. The first-order chi connectivity index (χ1) is 12.7. The van der Waals surface area contributed by atoms with E-state index in [0.29, 0.717) is 12.0 Å². The third kappa shape index (κ3) is 9.99. The Hall–Kier alpha value is -2.14. The van der Waals surface area contributed by atoms with Crippen molar-refractivity contribution in [3.8, 4) is 0 Å². The third-order valence-electron chi connectivity index (χ3n) is 3.95. The highest BCUT2D eigenvalue weighted by atomic mass is 17.2. The summed E-state index contributed by atoms with van der Waals surface area (Å²) in [6.45, 7) is 5.57. The molecule has 0 aromatic heterocycles. The zero-order chi connectivity index (χ0) is 19.0. The van der Waals surface area contributed by atoms with Crippen LogP contribution in [-0.4, -0.2) is 18.2 Å². The van der Waals surface area contributed by atoms with Gasteiger partial charge in [0, 0.05) is 12.5 Å². The lowest BCUT2D eigenvalue weighted by Crippen LogP contribution is -2.22. The van der Waals surface area contributed by atoms with Gasteiger partial charge in [0.25, 0.3) is 0 Å². The van der Waals surface area contributed by atoms with Gasteiger partial charge in [-0.2, -0.15) is 0 Å². The molecule has 0 aliphatic carbocycles. The fourth-order valence-electron chi connectivity index (χ4n) is 2.47. The maximum absolute atomic E-state index is 11.9. The summed E-state index contributed by atoms with van der Waals surface area (Å²) in [5.74, 6) is -1.23. The van der Waals surface area contributed by atoms with Crippen LogP contribution in [0.4, 0.5) is 0 Å². The van der Waals surface area contributed by atoms with Crippen molar-refractivity contribution in [1.29, 1.82) is 0 Å². The fraction of sp³-hybridized carbons (Fsp3) is 0.524. The predicted molar refractivity (Wildman–Crippen MR) is 100 cm³/mol. The Balaban J connectivity index is 2.31. The Bertz CT molecular complexity index is 526. The molecule has 1 aromatic rings. The van der Waals surface area contributed by atoms with Gasteiger partial charge in [-0.1, -0.05) is 76.6 Å². The van der Waals surface area contributed by atoms with E-state index in [9.17, 15) is 9.59 Å². The van der Waals surface area contributed by atoms with Crippen LogP contribution in [0.2, 0.25) is 0 Å². The normalized spacial score (nSPS) is 11.6. The molecule has 26 heavy (non-hydrogen) atoms. The lowest BCUT2D eigenvalue weighted by Gasteiger charge is -2.15. The predicted octanol–water partition coefficient (Wildman–Crippen LogP) is 5.36. The summed E-state index contributed by atoms with van der Waals surface area (Å²) in [5, 5.41) is 0. The molecule has 0 saturated carbocycles. The van der Waals surface area contributed by atoms with E-state index in [4.69, 9.17) is 14.5 Å². The van der Waals surface area contributed by atoms with Crippen LogP contribution < -0.4 is 0 Å². The van der Waals surface area contributed by atoms with Crippen LogP contribution >= 0.6 is 0 Å². The number of carbonyl (C=O) groups is 2. The molecule has 1 unspecified atom stereocenters. The summed E-state index contributed by atoms with van der Waals surface area (Å²) < 4.78 is 5.09. The van der Waals surface area contributed by atoms with Crippen molar-refractivity contribution in [2.45, 2.75) is 71.0 Å². The molecule has 0 saturated heterocycles. The molecule has 0 bridgehead atoms. The zero-order valence-electron chi connectivity index (χ0n) is 15.7. The number of benzene rings is 1. The monoisotopic (exact) mass is 362 g/mol. The van der Waals surface area contributed by atoms with E-state index in [0.717, 1.165) is 25.3 Å². The quantitative estimate of drug-likeness (QED) is 0.111.